The molecule has 1 atom stereocenters. The molecule has 0 aliphatic carbocycles. The van der Waals surface area contributed by atoms with Gasteiger partial charge in [0.1, 0.15) is 5.69 Å². The Bertz CT molecular complexity index is 777. The molecule has 0 radical (unpaired) electrons. The van der Waals surface area contributed by atoms with E-state index < -0.39 is 4.92 Å². The maximum Gasteiger partial charge on any atom is 0.292 e. The molecule has 0 heterocycles. The maximum atomic E-state index is 11.2. The van der Waals surface area contributed by atoms with Gasteiger partial charge in [-0.25, -0.2) is 0 Å². The van der Waals surface area contributed by atoms with E-state index in [9.17, 15) is 14.9 Å². The Balaban J connectivity index is 2.07. The van der Waals surface area contributed by atoms with E-state index in [1.165, 1.54) is 6.92 Å². The van der Waals surface area contributed by atoms with Crippen molar-refractivity contribution in [2.24, 2.45) is 0 Å². The molecule has 0 fully saturated rings. The summed E-state index contributed by atoms with van der Waals surface area (Å²) in [5, 5.41) is 20.1. The number of hydrogen-bond acceptors (Lipinski definition) is 5. The molecular weight excluding hydrogens is 320 g/mol. The fourth-order valence-corrected chi connectivity index (χ4v) is 2.53. The highest BCUT2D eigenvalue weighted by atomic mass is 16.6. The summed E-state index contributed by atoms with van der Waals surface area (Å²) in [6, 6.07) is 12.7. The van der Waals surface area contributed by atoms with Crippen molar-refractivity contribution in [3.8, 4) is 0 Å². The van der Waals surface area contributed by atoms with Gasteiger partial charge in [0.2, 0.25) is 5.91 Å². The molecular formula is C18H22N4O3. The summed E-state index contributed by atoms with van der Waals surface area (Å²) in [4.78, 5) is 21.9. The van der Waals surface area contributed by atoms with E-state index >= 15 is 0 Å². The second-order valence-electron chi connectivity index (χ2n) is 5.77. The Kier molecular flexibility index (Phi) is 6.08. The summed E-state index contributed by atoms with van der Waals surface area (Å²) in [5.74, 6) is -0.116. The van der Waals surface area contributed by atoms with E-state index in [1.54, 1.807) is 19.2 Å². The van der Waals surface area contributed by atoms with E-state index in [1.807, 2.05) is 37.3 Å². The Morgan fingerprint density at radius 2 is 2.00 bits per heavy atom. The first-order valence-electron chi connectivity index (χ1n) is 7.96. The highest BCUT2D eigenvalue weighted by Crippen LogP contribution is 2.25. The number of nitro benzene ring substituents is 1. The first-order chi connectivity index (χ1) is 11.9. The molecule has 1 amide bonds. The van der Waals surface area contributed by atoms with Gasteiger partial charge in [0.05, 0.1) is 4.92 Å². The molecule has 0 bridgehead atoms. The molecule has 0 saturated carbocycles. The molecule has 0 saturated heterocycles. The Hall–Kier alpha value is -2.93. The zero-order valence-corrected chi connectivity index (χ0v) is 14.5. The first kappa shape index (κ1) is 18.4. The normalized spacial score (nSPS) is 11.6. The quantitative estimate of drug-likeness (QED) is 0.529. The average molecular weight is 342 g/mol. The number of anilines is 2. The highest BCUT2D eigenvalue weighted by Gasteiger charge is 2.14. The molecule has 0 aliphatic rings. The van der Waals surface area contributed by atoms with Gasteiger partial charge in [-0.3, -0.25) is 14.9 Å². The number of rotatable bonds is 7. The number of nitro groups is 1. The van der Waals surface area contributed by atoms with Crippen molar-refractivity contribution < 1.29 is 9.72 Å². The third-order valence-electron chi connectivity index (χ3n) is 3.85. The van der Waals surface area contributed by atoms with Crippen LogP contribution in [0.15, 0.2) is 42.5 Å². The smallest absolute Gasteiger partial charge is 0.292 e. The van der Waals surface area contributed by atoms with Crippen LogP contribution in [0.4, 0.5) is 17.1 Å². The monoisotopic (exact) mass is 342 g/mol. The third kappa shape index (κ3) is 5.02. The molecule has 3 N–H and O–H groups in total. The van der Waals surface area contributed by atoms with E-state index in [2.05, 4.69) is 16.0 Å². The number of benzene rings is 2. The summed E-state index contributed by atoms with van der Waals surface area (Å²) < 4.78 is 0. The van der Waals surface area contributed by atoms with Crippen LogP contribution in [0.25, 0.3) is 0 Å². The minimum absolute atomic E-state index is 0.0248. The van der Waals surface area contributed by atoms with Gasteiger partial charge in [-0.15, -0.1) is 0 Å². The summed E-state index contributed by atoms with van der Waals surface area (Å²) in [6.45, 7) is 3.97. The molecule has 2 aromatic rings. The van der Waals surface area contributed by atoms with Crippen molar-refractivity contribution in [3.05, 3.63) is 63.7 Å². The van der Waals surface area contributed by atoms with E-state index in [-0.39, 0.29) is 17.6 Å². The average Bonchev–Trinajstić information content (AvgIpc) is 2.59. The second-order valence-corrected chi connectivity index (χ2v) is 5.77. The van der Waals surface area contributed by atoms with Crippen molar-refractivity contribution in [1.29, 1.82) is 0 Å². The van der Waals surface area contributed by atoms with Gasteiger partial charge in [0.25, 0.3) is 5.69 Å². The lowest BCUT2D eigenvalue weighted by molar-refractivity contribution is -0.384. The largest absolute Gasteiger partial charge is 0.383 e. The van der Waals surface area contributed by atoms with Crippen LogP contribution in [0, 0.1) is 10.1 Å². The lowest BCUT2D eigenvalue weighted by atomic mass is 10.1. The molecule has 0 spiro atoms. The SMILES string of the molecule is CNc1ccc(CN[C@@H](C)c2cccc(NC(C)=O)c2)cc1[N+](=O)[O-]. The van der Waals surface area contributed by atoms with Gasteiger partial charge in [-0.05, 0) is 36.2 Å². The van der Waals surface area contributed by atoms with Crippen LogP contribution in [0.1, 0.15) is 31.0 Å². The van der Waals surface area contributed by atoms with Crippen molar-refractivity contribution in [2.75, 3.05) is 17.7 Å². The minimum Gasteiger partial charge on any atom is -0.383 e. The van der Waals surface area contributed by atoms with Gasteiger partial charge < -0.3 is 16.0 Å². The zero-order valence-electron chi connectivity index (χ0n) is 14.5. The van der Waals surface area contributed by atoms with E-state index in [4.69, 9.17) is 0 Å². The van der Waals surface area contributed by atoms with Gasteiger partial charge in [-0.2, -0.15) is 0 Å². The van der Waals surface area contributed by atoms with E-state index in [0.29, 0.717) is 12.2 Å². The van der Waals surface area contributed by atoms with Crippen LogP contribution >= 0.6 is 0 Å². The topological polar surface area (TPSA) is 96.3 Å². The zero-order chi connectivity index (χ0) is 18.4. The van der Waals surface area contributed by atoms with Crippen molar-refractivity contribution in [1.82, 2.24) is 5.32 Å². The molecule has 25 heavy (non-hydrogen) atoms. The molecule has 7 nitrogen and oxygen atoms in total. The van der Waals surface area contributed by atoms with Crippen molar-refractivity contribution in [3.63, 3.8) is 0 Å². The van der Waals surface area contributed by atoms with Gasteiger partial charge >= 0.3 is 0 Å². The second kappa shape index (κ2) is 8.25. The molecule has 2 rings (SSSR count). The molecule has 7 heteroatoms. The first-order valence-corrected chi connectivity index (χ1v) is 7.96. The predicted octanol–water partition coefficient (Wildman–Crippen LogP) is 3.45. The van der Waals surface area contributed by atoms with Crippen LogP contribution in [0.5, 0.6) is 0 Å². The lowest BCUT2D eigenvalue weighted by Crippen LogP contribution is -2.18. The number of nitrogens with zero attached hydrogens (tertiary/aromatic N) is 1. The molecule has 0 aliphatic heterocycles. The number of amides is 1. The van der Waals surface area contributed by atoms with Crippen LogP contribution in [0.3, 0.4) is 0 Å². The van der Waals surface area contributed by atoms with Crippen molar-refractivity contribution >= 4 is 23.0 Å². The third-order valence-corrected chi connectivity index (χ3v) is 3.85. The number of nitrogens with one attached hydrogen (secondary N) is 3. The Labute approximate surface area is 146 Å². The Morgan fingerprint density at radius 1 is 1.24 bits per heavy atom. The number of carbonyl (C=O) groups excluding carboxylic acids is 1. The lowest BCUT2D eigenvalue weighted by Gasteiger charge is -2.16. The molecule has 132 valence electrons. The number of carbonyl (C=O) groups is 1. The van der Waals surface area contributed by atoms with Crippen molar-refractivity contribution in [2.45, 2.75) is 26.4 Å². The number of hydrogen-bond donors (Lipinski definition) is 3. The van der Waals surface area contributed by atoms with Crippen LogP contribution in [-0.2, 0) is 11.3 Å². The van der Waals surface area contributed by atoms with Crippen LogP contribution in [-0.4, -0.2) is 17.9 Å². The molecule has 0 aromatic heterocycles. The van der Waals surface area contributed by atoms with Gasteiger partial charge in [-0.1, -0.05) is 18.2 Å². The summed E-state index contributed by atoms with van der Waals surface area (Å²) in [5.41, 5.74) is 3.14. The maximum absolute atomic E-state index is 11.2. The highest BCUT2D eigenvalue weighted by molar-refractivity contribution is 5.88. The van der Waals surface area contributed by atoms with Gasteiger partial charge in [0, 0.05) is 38.3 Å². The Morgan fingerprint density at radius 3 is 2.64 bits per heavy atom. The summed E-state index contributed by atoms with van der Waals surface area (Å²) in [7, 11) is 1.66. The van der Waals surface area contributed by atoms with E-state index in [0.717, 1.165) is 16.8 Å². The fourth-order valence-electron chi connectivity index (χ4n) is 2.53. The van der Waals surface area contributed by atoms with Crippen LogP contribution in [0.2, 0.25) is 0 Å². The molecule has 0 unspecified atom stereocenters. The standard InChI is InChI=1S/C18H22N4O3/c1-12(15-5-4-6-16(10-15)21-13(2)23)20-11-14-7-8-17(19-3)18(9-14)22(24)25/h4-10,12,19-20H,11H2,1-3H3,(H,21,23)/t12-/m0/s1. The summed E-state index contributed by atoms with van der Waals surface area (Å²) >= 11 is 0. The summed E-state index contributed by atoms with van der Waals surface area (Å²) in [6.07, 6.45) is 0. The fraction of sp³-hybridized carbons (Fsp3) is 0.278. The van der Waals surface area contributed by atoms with Gasteiger partial charge in [0.15, 0.2) is 0 Å². The minimum atomic E-state index is -0.393. The predicted molar refractivity (Wildman–Crippen MR) is 98.6 cm³/mol. The molecule has 2 aromatic carbocycles. The van der Waals surface area contributed by atoms with Crippen LogP contribution < -0.4 is 16.0 Å².